The van der Waals surface area contributed by atoms with Crippen molar-refractivity contribution in [2.75, 3.05) is 0 Å². The first-order valence-corrected chi connectivity index (χ1v) is 5.26. The monoisotopic (exact) mass is 268 g/mol. The molecule has 0 atom stereocenters. The molecule has 0 aliphatic rings. The molecule has 0 bridgehead atoms. The Kier molecular flexibility index (Phi) is 3.10. The van der Waals surface area contributed by atoms with E-state index in [1.54, 1.807) is 0 Å². The van der Waals surface area contributed by atoms with Gasteiger partial charge in [-0.15, -0.1) is 0 Å². The van der Waals surface area contributed by atoms with E-state index >= 15 is 0 Å². The van der Waals surface area contributed by atoms with Crippen LogP contribution in [0, 0.1) is 20.2 Å². The van der Waals surface area contributed by atoms with E-state index in [1.807, 2.05) is 0 Å². The van der Waals surface area contributed by atoms with E-state index in [0.717, 1.165) is 17.5 Å². The highest BCUT2D eigenvalue weighted by molar-refractivity contribution is 7.18. The van der Waals surface area contributed by atoms with Crippen molar-refractivity contribution in [1.29, 1.82) is 0 Å². The largest absolute Gasteiger partial charge is 0.433 e. The molecule has 92 valence electrons. The topological polar surface area (TPSA) is 125 Å². The average Bonchev–Trinajstić information content (AvgIpc) is 2.95. The predicted octanol–water partition coefficient (Wildman–Crippen LogP) is 2.30. The standard InChI is InChI=1S/C8H4N4O5S/c13-11(14)6-2-1-5(17-6)3-9-8-10-4-7(18-8)12(15)16/h1-4H/b9-3-. The Morgan fingerprint density at radius 3 is 2.67 bits per heavy atom. The molecule has 0 aromatic carbocycles. The molecular formula is C8H4N4O5S. The second kappa shape index (κ2) is 4.71. The lowest BCUT2D eigenvalue weighted by atomic mass is 10.5. The van der Waals surface area contributed by atoms with Gasteiger partial charge in [0.05, 0.1) is 17.2 Å². The Hall–Kier alpha value is -2.62. The maximum absolute atomic E-state index is 10.4. The molecule has 0 radical (unpaired) electrons. The van der Waals surface area contributed by atoms with Gasteiger partial charge in [-0.05, 0) is 17.4 Å². The molecule has 0 saturated carbocycles. The van der Waals surface area contributed by atoms with E-state index in [0.29, 0.717) is 0 Å². The van der Waals surface area contributed by atoms with Gasteiger partial charge in [-0.25, -0.2) is 9.98 Å². The van der Waals surface area contributed by atoms with Crippen LogP contribution in [0.15, 0.2) is 27.7 Å². The van der Waals surface area contributed by atoms with Crippen LogP contribution in [0.4, 0.5) is 16.0 Å². The molecule has 0 aliphatic heterocycles. The molecule has 2 aromatic heterocycles. The zero-order valence-corrected chi connectivity index (χ0v) is 9.36. The Labute approximate surface area is 103 Å². The van der Waals surface area contributed by atoms with Gasteiger partial charge < -0.3 is 4.42 Å². The van der Waals surface area contributed by atoms with E-state index in [9.17, 15) is 20.2 Å². The lowest BCUT2D eigenvalue weighted by molar-refractivity contribution is -0.402. The van der Waals surface area contributed by atoms with Crippen molar-refractivity contribution in [2.24, 2.45) is 4.99 Å². The molecule has 0 unspecified atom stereocenters. The maximum Gasteiger partial charge on any atom is 0.433 e. The number of aliphatic imine (C=N–C) groups is 1. The summed E-state index contributed by atoms with van der Waals surface area (Å²) in [5, 5.41) is 20.8. The summed E-state index contributed by atoms with van der Waals surface area (Å²) in [6.45, 7) is 0. The Morgan fingerprint density at radius 1 is 1.33 bits per heavy atom. The van der Waals surface area contributed by atoms with Crippen LogP contribution < -0.4 is 0 Å². The summed E-state index contributed by atoms with van der Waals surface area (Å²) in [6, 6.07) is 2.55. The third kappa shape index (κ3) is 2.55. The van der Waals surface area contributed by atoms with Crippen molar-refractivity contribution in [3.8, 4) is 0 Å². The molecule has 10 heteroatoms. The highest BCUT2D eigenvalue weighted by Gasteiger charge is 2.12. The minimum Gasteiger partial charge on any atom is -0.400 e. The summed E-state index contributed by atoms with van der Waals surface area (Å²) >= 11 is 0.790. The van der Waals surface area contributed by atoms with Gasteiger partial charge in [-0.3, -0.25) is 20.2 Å². The van der Waals surface area contributed by atoms with Crippen molar-refractivity contribution in [2.45, 2.75) is 0 Å². The van der Waals surface area contributed by atoms with Crippen LogP contribution in [0.2, 0.25) is 0 Å². The van der Waals surface area contributed by atoms with Crippen LogP contribution in [0.1, 0.15) is 5.76 Å². The van der Waals surface area contributed by atoms with E-state index < -0.39 is 15.7 Å². The van der Waals surface area contributed by atoms with Crippen LogP contribution in [-0.4, -0.2) is 21.0 Å². The summed E-state index contributed by atoms with van der Waals surface area (Å²) in [7, 11) is 0. The smallest absolute Gasteiger partial charge is 0.400 e. The van der Waals surface area contributed by atoms with Gasteiger partial charge in [-0.1, -0.05) is 0 Å². The summed E-state index contributed by atoms with van der Waals surface area (Å²) in [6.07, 6.45) is 2.29. The molecule has 0 N–H and O–H groups in total. The van der Waals surface area contributed by atoms with Crippen molar-refractivity contribution >= 4 is 33.6 Å². The van der Waals surface area contributed by atoms with Gasteiger partial charge >= 0.3 is 10.9 Å². The van der Waals surface area contributed by atoms with Crippen molar-refractivity contribution in [3.63, 3.8) is 0 Å². The number of hydrogen-bond acceptors (Lipinski definition) is 8. The number of nitrogens with zero attached hydrogens (tertiary/aromatic N) is 4. The highest BCUT2D eigenvalue weighted by Crippen LogP contribution is 2.27. The van der Waals surface area contributed by atoms with Gasteiger partial charge in [0.15, 0.2) is 5.76 Å². The summed E-state index contributed by atoms with van der Waals surface area (Å²) in [5.41, 5.74) is 0. The van der Waals surface area contributed by atoms with E-state index in [-0.39, 0.29) is 15.9 Å². The molecule has 0 amide bonds. The van der Waals surface area contributed by atoms with Crippen LogP contribution >= 0.6 is 11.3 Å². The van der Waals surface area contributed by atoms with E-state index in [1.165, 1.54) is 18.3 Å². The Bertz CT molecular complexity index is 577. The second-order valence-electron chi connectivity index (χ2n) is 2.93. The molecular weight excluding hydrogens is 264 g/mol. The van der Waals surface area contributed by atoms with Crippen LogP contribution in [0.5, 0.6) is 0 Å². The number of thiazole rings is 1. The molecule has 2 rings (SSSR count). The third-order valence-electron chi connectivity index (χ3n) is 1.76. The number of aromatic nitrogens is 1. The fourth-order valence-electron chi connectivity index (χ4n) is 1.03. The van der Waals surface area contributed by atoms with Gasteiger partial charge in [-0.2, -0.15) is 0 Å². The molecule has 18 heavy (non-hydrogen) atoms. The van der Waals surface area contributed by atoms with Gasteiger partial charge in [0.2, 0.25) is 5.13 Å². The predicted molar refractivity (Wildman–Crippen MR) is 61.4 cm³/mol. The van der Waals surface area contributed by atoms with Gasteiger partial charge in [0, 0.05) is 0 Å². The van der Waals surface area contributed by atoms with Crippen LogP contribution in [0.3, 0.4) is 0 Å². The molecule has 9 nitrogen and oxygen atoms in total. The Balaban J connectivity index is 2.13. The minimum atomic E-state index is -0.675. The van der Waals surface area contributed by atoms with Crippen molar-refractivity contribution in [1.82, 2.24) is 4.98 Å². The zero-order valence-electron chi connectivity index (χ0n) is 8.55. The highest BCUT2D eigenvalue weighted by atomic mass is 32.1. The quantitative estimate of drug-likeness (QED) is 0.475. The van der Waals surface area contributed by atoms with Crippen LogP contribution in [-0.2, 0) is 0 Å². The lowest BCUT2D eigenvalue weighted by Crippen LogP contribution is -1.83. The fraction of sp³-hybridized carbons (Fsp3) is 0. The number of rotatable bonds is 4. The first-order chi connectivity index (χ1) is 8.56. The number of nitro groups is 2. The molecule has 2 aromatic rings. The van der Waals surface area contributed by atoms with E-state index in [2.05, 4.69) is 9.98 Å². The summed E-state index contributed by atoms with van der Waals surface area (Å²) in [4.78, 5) is 27.0. The minimum absolute atomic E-state index is 0.132. The van der Waals surface area contributed by atoms with Gasteiger partial charge in [0.1, 0.15) is 11.1 Å². The lowest BCUT2D eigenvalue weighted by Gasteiger charge is -1.83. The summed E-state index contributed by atoms with van der Waals surface area (Å²) < 4.78 is 4.82. The average molecular weight is 268 g/mol. The molecule has 2 heterocycles. The number of furan rings is 1. The molecule has 0 spiro atoms. The maximum atomic E-state index is 10.4. The zero-order chi connectivity index (χ0) is 13.1. The molecule has 0 saturated heterocycles. The van der Waals surface area contributed by atoms with Gasteiger partial charge in [0.25, 0.3) is 0 Å². The SMILES string of the molecule is O=[N+]([O-])c1ccc(/C=N\c2ncc([N+](=O)[O-])s2)o1. The fourth-order valence-corrected chi connectivity index (χ4v) is 1.61. The van der Waals surface area contributed by atoms with Crippen molar-refractivity contribution < 1.29 is 14.3 Å². The second-order valence-corrected chi connectivity index (χ2v) is 3.92. The first kappa shape index (κ1) is 11.9. The van der Waals surface area contributed by atoms with Crippen LogP contribution in [0.25, 0.3) is 0 Å². The molecule has 0 aliphatic carbocycles. The van der Waals surface area contributed by atoms with Crippen molar-refractivity contribution in [3.05, 3.63) is 44.3 Å². The Morgan fingerprint density at radius 2 is 2.11 bits per heavy atom. The normalized spacial score (nSPS) is 10.9. The summed E-state index contributed by atoms with van der Waals surface area (Å²) in [5.74, 6) is -0.235. The number of hydrogen-bond donors (Lipinski definition) is 0. The first-order valence-electron chi connectivity index (χ1n) is 4.45. The van der Waals surface area contributed by atoms with E-state index in [4.69, 9.17) is 4.42 Å². The third-order valence-corrected chi connectivity index (χ3v) is 2.61. The molecule has 0 fully saturated rings.